The van der Waals surface area contributed by atoms with Crippen LogP contribution in [0.1, 0.15) is 32.1 Å². The summed E-state index contributed by atoms with van der Waals surface area (Å²) < 4.78 is 52.8. The molecule has 1 N–H and O–H groups in total. The van der Waals surface area contributed by atoms with Gasteiger partial charge in [-0.15, -0.1) is 0 Å². The Kier molecular flexibility index (Phi) is 8.14. The van der Waals surface area contributed by atoms with Crippen LogP contribution in [0.15, 0.2) is 40.6 Å². The molecule has 0 radical (unpaired) electrons. The van der Waals surface area contributed by atoms with Gasteiger partial charge >= 0.3 is 0 Å². The van der Waals surface area contributed by atoms with Crippen molar-refractivity contribution in [3.05, 3.63) is 40.8 Å². The molecule has 1 unspecified atom stereocenters. The van der Waals surface area contributed by atoms with Crippen molar-refractivity contribution < 1.29 is 21.6 Å². The van der Waals surface area contributed by atoms with Gasteiger partial charge in [0.25, 0.3) is 10.2 Å². The normalized spacial score (nSPS) is 21.5. The van der Waals surface area contributed by atoms with Crippen LogP contribution in [0.2, 0.25) is 5.02 Å². The van der Waals surface area contributed by atoms with Crippen LogP contribution in [0.4, 0.5) is 0 Å². The van der Waals surface area contributed by atoms with E-state index in [0.29, 0.717) is 37.5 Å². The Morgan fingerprint density at radius 2 is 1.71 bits per heavy atom. The second kappa shape index (κ2) is 10.4. The van der Waals surface area contributed by atoms with Gasteiger partial charge in [0.2, 0.25) is 5.91 Å². The molecule has 0 spiro atoms. The van der Waals surface area contributed by atoms with Gasteiger partial charge in [-0.1, -0.05) is 24.1 Å². The first-order valence-electron chi connectivity index (χ1n) is 10.4. The number of nitrogens with one attached hydrogen (secondary N) is 1. The maximum atomic E-state index is 12.7. The van der Waals surface area contributed by atoms with Crippen molar-refractivity contribution in [2.45, 2.75) is 37.0 Å². The predicted octanol–water partition coefficient (Wildman–Crippen LogP) is 2.19. The third-order valence-corrected chi connectivity index (χ3v) is 9.25. The SMILES string of the molecule is O=C(NCC/C=C/S(=O)(=O)c1ccc(Cl)cc1)C1CCN(S(=O)(=O)N2CCCCC2)C1. The summed E-state index contributed by atoms with van der Waals surface area (Å²) in [6.07, 6.45) is 5.12. The second-order valence-corrected chi connectivity index (χ2v) is 12.0. The molecule has 2 saturated heterocycles. The van der Waals surface area contributed by atoms with Crippen molar-refractivity contribution in [1.82, 2.24) is 13.9 Å². The van der Waals surface area contributed by atoms with Crippen LogP contribution in [0, 0.1) is 5.92 Å². The highest BCUT2D eigenvalue weighted by Gasteiger charge is 2.38. The highest BCUT2D eigenvalue weighted by atomic mass is 35.5. The number of carbonyl (C=O) groups is 1. The quantitative estimate of drug-likeness (QED) is 0.563. The fourth-order valence-corrected chi connectivity index (χ4v) is 6.67. The van der Waals surface area contributed by atoms with E-state index in [1.807, 2.05) is 0 Å². The van der Waals surface area contributed by atoms with Crippen LogP contribution in [0.25, 0.3) is 0 Å². The predicted molar refractivity (Wildman–Crippen MR) is 119 cm³/mol. The molecule has 2 heterocycles. The number of piperidine rings is 1. The summed E-state index contributed by atoms with van der Waals surface area (Å²) >= 11 is 5.77. The van der Waals surface area contributed by atoms with Crippen molar-refractivity contribution in [2.24, 2.45) is 5.92 Å². The molecular weight excluding hydrogens is 462 g/mol. The molecule has 0 aliphatic carbocycles. The molecule has 172 valence electrons. The van der Waals surface area contributed by atoms with Gasteiger partial charge in [-0.25, -0.2) is 8.42 Å². The van der Waals surface area contributed by atoms with Gasteiger partial charge in [-0.05, 0) is 49.9 Å². The van der Waals surface area contributed by atoms with Crippen molar-refractivity contribution in [2.75, 3.05) is 32.7 Å². The lowest BCUT2D eigenvalue weighted by atomic mass is 10.1. The number of amides is 1. The second-order valence-electron chi connectivity index (χ2n) is 7.76. The summed E-state index contributed by atoms with van der Waals surface area (Å²) in [6.45, 7) is 1.89. The third-order valence-electron chi connectivity index (χ3n) is 5.52. The van der Waals surface area contributed by atoms with E-state index in [1.54, 1.807) is 0 Å². The Hall–Kier alpha value is -1.46. The molecule has 11 heteroatoms. The molecule has 2 aliphatic heterocycles. The van der Waals surface area contributed by atoms with E-state index >= 15 is 0 Å². The first-order valence-corrected chi connectivity index (χ1v) is 13.7. The Morgan fingerprint density at radius 1 is 1.03 bits per heavy atom. The maximum Gasteiger partial charge on any atom is 0.281 e. The maximum absolute atomic E-state index is 12.7. The minimum atomic E-state index is -3.56. The third kappa shape index (κ3) is 6.29. The summed E-state index contributed by atoms with van der Waals surface area (Å²) in [7, 11) is -7.06. The molecular formula is C20H28ClN3O5S2. The summed E-state index contributed by atoms with van der Waals surface area (Å²) in [5, 5.41) is 4.35. The Labute approximate surface area is 189 Å². The highest BCUT2D eigenvalue weighted by Crippen LogP contribution is 2.24. The van der Waals surface area contributed by atoms with Gasteiger partial charge < -0.3 is 5.32 Å². The molecule has 1 aromatic rings. The monoisotopic (exact) mass is 489 g/mol. The average Bonchev–Trinajstić information content (AvgIpc) is 3.25. The van der Waals surface area contributed by atoms with E-state index in [0.717, 1.165) is 24.7 Å². The average molecular weight is 490 g/mol. The molecule has 0 saturated carbocycles. The van der Waals surface area contributed by atoms with E-state index in [2.05, 4.69) is 5.32 Å². The molecule has 2 fully saturated rings. The van der Waals surface area contributed by atoms with Crippen molar-refractivity contribution in [3.63, 3.8) is 0 Å². The van der Waals surface area contributed by atoms with Crippen molar-refractivity contribution in [3.8, 4) is 0 Å². The summed E-state index contributed by atoms with van der Waals surface area (Å²) in [6, 6.07) is 5.90. The van der Waals surface area contributed by atoms with E-state index in [1.165, 1.54) is 39.0 Å². The van der Waals surface area contributed by atoms with Crippen molar-refractivity contribution >= 4 is 37.6 Å². The topological polar surface area (TPSA) is 104 Å². The summed E-state index contributed by atoms with van der Waals surface area (Å²) in [5.74, 6) is -0.591. The Bertz CT molecular complexity index is 1000. The fraction of sp³-hybridized carbons (Fsp3) is 0.550. The summed E-state index contributed by atoms with van der Waals surface area (Å²) in [4.78, 5) is 12.6. The number of rotatable bonds is 8. The van der Waals surface area contributed by atoms with Crippen molar-refractivity contribution in [1.29, 1.82) is 0 Å². The molecule has 2 aliphatic rings. The zero-order valence-electron chi connectivity index (χ0n) is 17.2. The molecule has 1 atom stereocenters. The smallest absolute Gasteiger partial charge is 0.281 e. The van der Waals surface area contributed by atoms with Crippen LogP contribution < -0.4 is 5.32 Å². The van der Waals surface area contributed by atoms with Gasteiger partial charge in [0.05, 0.1) is 10.8 Å². The lowest BCUT2D eigenvalue weighted by Crippen LogP contribution is -2.45. The van der Waals surface area contributed by atoms with E-state index < -0.39 is 20.0 Å². The fourth-order valence-electron chi connectivity index (χ4n) is 3.73. The van der Waals surface area contributed by atoms with Crippen LogP contribution in [0.5, 0.6) is 0 Å². The van der Waals surface area contributed by atoms with Gasteiger partial charge in [-0.2, -0.15) is 17.0 Å². The van der Waals surface area contributed by atoms with Gasteiger partial charge in [0, 0.05) is 43.2 Å². The number of carbonyl (C=O) groups excluding carboxylic acids is 1. The van der Waals surface area contributed by atoms with Crippen LogP contribution in [-0.2, 0) is 24.8 Å². The summed E-state index contributed by atoms with van der Waals surface area (Å²) in [5.41, 5.74) is 0. The zero-order valence-corrected chi connectivity index (χ0v) is 19.6. The lowest BCUT2D eigenvalue weighted by molar-refractivity contribution is -0.124. The number of sulfone groups is 1. The molecule has 0 bridgehead atoms. The lowest BCUT2D eigenvalue weighted by Gasteiger charge is -2.30. The first-order chi connectivity index (χ1) is 14.7. The number of benzene rings is 1. The number of hydrogen-bond acceptors (Lipinski definition) is 5. The zero-order chi connectivity index (χ0) is 22.5. The van der Waals surface area contributed by atoms with E-state index in [-0.39, 0.29) is 29.8 Å². The molecule has 31 heavy (non-hydrogen) atoms. The Balaban J connectivity index is 1.44. The molecule has 1 aromatic carbocycles. The molecule has 1 amide bonds. The van der Waals surface area contributed by atoms with Gasteiger partial charge in [0.15, 0.2) is 9.84 Å². The van der Waals surface area contributed by atoms with Gasteiger partial charge in [0.1, 0.15) is 0 Å². The molecule has 3 rings (SSSR count). The van der Waals surface area contributed by atoms with E-state index in [9.17, 15) is 21.6 Å². The van der Waals surface area contributed by atoms with Crippen LogP contribution >= 0.6 is 11.6 Å². The molecule has 0 aromatic heterocycles. The number of nitrogens with zero attached hydrogens (tertiary/aromatic N) is 2. The largest absolute Gasteiger partial charge is 0.356 e. The Morgan fingerprint density at radius 3 is 2.39 bits per heavy atom. The minimum absolute atomic E-state index is 0.151. The number of hydrogen-bond donors (Lipinski definition) is 1. The van der Waals surface area contributed by atoms with Crippen LogP contribution in [0.3, 0.4) is 0 Å². The minimum Gasteiger partial charge on any atom is -0.356 e. The standard InChI is InChI=1S/C20H28ClN3O5S2/c21-18-6-8-19(9-7-18)30(26,27)15-5-2-11-22-20(25)17-10-14-24(16-17)31(28,29)23-12-3-1-4-13-23/h5-9,15,17H,1-4,10-14,16H2,(H,22,25)/b15-5+. The van der Waals surface area contributed by atoms with Gasteiger partial charge in [-0.3, -0.25) is 4.79 Å². The first kappa shape index (κ1) is 24.2. The van der Waals surface area contributed by atoms with E-state index in [4.69, 9.17) is 11.6 Å². The van der Waals surface area contributed by atoms with Crippen LogP contribution in [-0.4, -0.2) is 64.1 Å². The highest BCUT2D eigenvalue weighted by molar-refractivity contribution is 7.94. The molecule has 8 nitrogen and oxygen atoms in total. The number of halogens is 1.